The predicted octanol–water partition coefficient (Wildman–Crippen LogP) is 0.149. The molecule has 0 aliphatic rings. The fraction of sp³-hybridized carbons (Fsp3) is 0.500. The van der Waals surface area contributed by atoms with E-state index in [2.05, 4.69) is 10.3 Å². The number of carbonyl (C=O) groups is 1. The first-order valence-corrected chi connectivity index (χ1v) is 5.05. The van der Waals surface area contributed by atoms with Crippen LogP contribution in [0.15, 0.2) is 10.9 Å². The number of rotatable bonds is 4. The van der Waals surface area contributed by atoms with Gasteiger partial charge in [0.15, 0.2) is 0 Å². The lowest BCUT2D eigenvalue weighted by Gasteiger charge is -2.05. The van der Waals surface area contributed by atoms with Gasteiger partial charge in [0.25, 0.3) is 0 Å². The SMILES string of the molecule is C[C@@H](N)C(=O)NCCc1cscn1. The number of nitrogens with zero attached hydrogens (tertiary/aromatic N) is 1. The van der Waals surface area contributed by atoms with Crippen molar-refractivity contribution in [2.24, 2.45) is 5.73 Å². The summed E-state index contributed by atoms with van der Waals surface area (Å²) >= 11 is 1.56. The highest BCUT2D eigenvalue weighted by Gasteiger charge is 2.05. The van der Waals surface area contributed by atoms with Crippen LogP contribution < -0.4 is 11.1 Å². The second-order valence-corrected chi connectivity index (χ2v) is 3.53. The summed E-state index contributed by atoms with van der Waals surface area (Å²) in [7, 11) is 0. The molecule has 0 aliphatic heterocycles. The maximum atomic E-state index is 11.0. The van der Waals surface area contributed by atoms with Crippen molar-refractivity contribution in [2.45, 2.75) is 19.4 Å². The molecule has 0 aromatic carbocycles. The average molecular weight is 199 g/mol. The van der Waals surface area contributed by atoms with E-state index < -0.39 is 6.04 Å². The Kier molecular flexibility index (Phi) is 3.85. The van der Waals surface area contributed by atoms with E-state index in [-0.39, 0.29) is 5.91 Å². The van der Waals surface area contributed by atoms with Gasteiger partial charge in [0, 0.05) is 18.3 Å². The summed E-state index contributed by atoms with van der Waals surface area (Å²) in [4.78, 5) is 15.1. The molecule has 5 heteroatoms. The smallest absolute Gasteiger partial charge is 0.236 e. The van der Waals surface area contributed by atoms with E-state index in [4.69, 9.17) is 5.73 Å². The molecule has 0 spiro atoms. The largest absolute Gasteiger partial charge is 0.354 e. The quantitative estimate of drug-likeness (QED) is 0.725. The Bertz CT molecular complexity index is 258. The summed E-state index contributed by atoms with van der Waals surface area (Å²) in [6.07, 6.45) is 0.766. The third-order valence-corrected chi connectivity index (χ3v) is 2.21. The Hall–Kier alpha value is -0.940. The van der Waals surface area contributed by atoms with Crippen LogP contribution in [0, 0.1) is 0 Å². The molecule has 1 atom stereocenters. The molecule has 3 N–H and O–H groups in total. The summed E-state index contributed by atoms with van der Waals surface area (Å²) in [6.45, 7) is 2.27. The Labute approximate surface area is 81.2 Å². The first-order chi connectivity index (χ1) is 6.20. The molecule has 0 aliphatic carbocycles. The van der Waals surface area contributed by atoms with Gasteiger partial charge < -0.3 is 11.1 Å². The summed E-state index contributed by atoms with van der Waals surface area (Å²) in [5.41, 5.74) is 8.16. The van der Waals surface area contributed by atoms with Crippen LogP contribution in [0.3, 0.4) is 0 Å². The van der Waals surface area contributed by atoms with Gasteiger partial charge in [-0.2, -0.15) is 0 Å². The zero-order valence-electron chi connectivity index (χ0n) is 7.49. The van der Waals surface area contributed by atoms with Crippen molar-refractivity contribution in [3.8, 4) is 0 Å². The Morgan fingerprint density at radius 1 is 1.85 bits per heavy atom. The minimum atomic E-state index is -0.435. The summed E-state index contributed by atoms with van der Waals surface area (Å²) in [6, 6.07) is -0.435. The molecule has 1 heterocycles. The van der Waals surface area contributed by atoms with Crippen LogP contribution in [0.5, 0.6) is 0 Å². The van der Waals surface area contributed by atoms with Gasteiger partial charge in [-0.05, 0) is 6.92 Å². The number of hydrogen-bond acceptors (Lipinski definition) is 4. The van der Waals surface area contributed by atoms with Gasteiger partial charge in [0.05, 0.1) is 17.2 Å². The summed E-state index contributed by atoms with van der Waals surface area (Å²) < 4.78 is 0. The molecule has 1 rings (SSSR count). The lowest BCUT2D eigenvalue weighted by Crippen LogP contribution is -2.39. The number of nitrogens with one attached hydrogen (secondary N) is 1. The van der Waals surface area contributed by atoms with Gasteiger partial charge in [-0.1, -0.05) is 0 Å². The second kappa shape index (κ2) is 4.94. The highest BCUT2D eigenvalue weighted by atomic mass is 32.1. The molecule has 0 bridgehead atoms. The van der Waals surface area contributed by atoms with E-state index in [0.717, 1.165) is 12.1 Å². The first-order valence-electron chi connectivity index (χ1n) is 4.10. The van der Waals surface area contributed by atoms with Crippen LogP contribution in [0.25, 0.3) is 0 Å². The third kappa shape index (κ3) is 3.52. The molecule has 0 unspecified atom stereocenters. The zero-order valence-corrected chi connectivity index (χ0v) is 8.30. The van der Waals surface area contributed by atoms with E-state index in [9.17, 15) is 4.79 Å². The maximum Gasteiger partial charge on any atom is 0.236 e. The molecule has 72 valence electrons. The van der Waals surface area contributed by atoms with Crippen molar-refractivity contribution in [3.05, 3.63) is 16.6 Å². The van der Waals surface area contributed by atoms with Crippen molar-refractivity contribution < 1.29 is 4.79 Å². The molecule has 0 fully saturated rings. The second-order valence-electron chi connectivity index (χ2n) is 2.81. The Morgan fingerprint density at radius 3 is 3.15 bits per heavy atom. The monoisotopic (exact) mass is 199 g/mol. The molecule has 1 amide bonds. The van der Waals surface area contributed by atoms with Crippen LogP contribution in [-0.2, 0) is 11.2 Å². The molecule has 1 aromatic rings. The Balaban J connectivity index is 2.18. The fourth-order valence-electron chi connectivity index (χ4n) is 0.836. The summed E-state index contributed by atoms with van der Waals surface area (Å²) in [5, 5.41) is 4.69. The predicted molar refractivity (Wildman–Crippen MR) is 52.5 cm³/mol. The third-order valence-electron chi connectivity index (χ3n) is 1.58. The van der Waals surface area contributed by atoms with Crippen molar-refractivity contribution in [1.29, 1.82) is 0 Å². The summed E-state index contributed by atoms with van der Waals surface area (Å²) in [5.74, 6) is -0.116. The van der Waals surface area contributed by atoms with E-state index in [1.165, 1.54) is 0 Å². The minimum absolute atomic E-state index is 0.116. The molecule has 0 saturated heterocycles. The van der Waals surface area contributed by atoms with Crippen LogP contribution in [0.2, 0.25) is 0 Å². The van der Waals surface area contributed by atoms with Crippen molar-refractivity contribution >= 4 is 17.2 Å². The average Bonchev–Trinajstić information content (AvgIpc) is 2.56. The van der Waals surface area contributed by atoms with E-state index in [1.807, 2.05) is 5.38 Å². The molecule has 0 saturated carbocycles. The van der Waals surface area contributed by atoms with E-state index >= 15 is 0 Å². The van der Waals surface area contributed by atoms with Gasteiger partial charge in [-0.25, -0.2) is 4.98 Å². The van der Waals surface area contributed by atoms with Crippen LogP contribution in [0.1, 0.15) is 12.6 Å². The highest BCUT2D eigenvalue weighted by Crippen LogP contribution is 2.00. The molecule has 4 nitrogen and oxygen atoms in total. The Morgan fingerprint density at radius 2 is 2.62 bits per heavy atom. The number of thiazole rings is 1. The lowest BCUT2D eigenvalue weighted by molar-refractivity contribution is -0.121. The van der Waals surface area contributed by atoms with Gasteiger partial charge in [0.2, 0.25) is 5.91 Å². The standard InChI is InChI=1S/C8H13N3OS/c1-6(9)8(12)10-3-2-7-4-13-5-11-7/h4-6H,2-3,9H2,1H3,(H,10,12)/t6-/m1/s1. The van der Waals surface area contributed by atoms with Crippen LogP contribution >= 0.6 is 11.3 Å². The fourth-order valence-corrected chi connectivity index (χ4v) is 1.43. The molecule has 1 aromatic heterocycles. The zero-order chi connectivity index (χ0) is 9.68. The number of carbonyl (C=O) groups excluding carboxylic acids is 1. The normalized spacial score (nSPS) is 12.5. The van der Waals surface area contributed by atoms with Crippen LogP contribution in [-0.4, -0.2) is 23.5 Å². The number of aromatic nitrogens is 1. The molecule has 0 radical (unpaired) electrons. The number of hydrogen-bond donors (Lipinski definition) is 2. The maximum absolute atomic E-state index is 11.0. The molecular weight excluding hydrogens is 186 g/mol. The van der Waals surface area contributed by atoms with Gasteiger partial charge >= 0.3 is 0 Å². The van der Waals surface area contributed by atoms with Crippen LogP contribution in [0.4, 0.5) is 0 Å². The minimum Gasteiger partial charge on any atom is -0.354 e. The van der Waals surface area contributed by atoms with Crippen molar-refractivity contribution in [3.63, 3.8) is 0 Å². The van der Waals surface area contributed by atoms with E-state index in [0.29, 0.717) is 6.54 Å². The van der Waals surface area contributed by atoms with Gasteiger partial charge in [-0.15, -0.1) is 11.3 Å². The highest BCUT2D eigenvalue weighted by molar-refractivity contribution is 7.07. The topological polar surface area (TPSA) is 68.0 Å². The molecule has 13 heavy (non-hydrogen) atoms. The van der Waals surface area contributed by atoms with Crippen molar-refractivity contribution in [2.75, 3.05) is 6.54 Å². The van der Waals surface area contributed by atoms with Gasteiger partial charge in [-0.3, -0.25) is 4.79 Å². The lowest BCUT2D eigenvalue weighted by atomic mass is 10.3. The van der Waals surface area contributed by atoms with E-state index in [1.54, 1.807) is 23.8 Å². The first kappa shape index (κ1) is 10.1. The van der Waals surface area contributed by atoms with Crippen molar-refractivity contribution in [1.82, 2.24) is 10.3 Å². The number of nitrogens with two attached hydrogens (primary N) is 1. The number of amides is 1. The molecular formula is C8H13N3OS. The van der Waals surface area contributed by atoms with Gasteiger partial charge in [0.1, 0.15) is 0 Å².